The first-order chi connectivity index (χ1) is 25.7. The van der Waals surface area contributed by atoms with Gasteiger partial charge < -0.3 is 4.74 Å². The number of ether oxygens (including phenoxy) is 1. The summed E-state index contributed by atoms with van der Waals surface area (Å²) < 4.78 is 6.23. The van der Waals surface area contributed by atoms with E-state index in [9.17, 15) is 5.26 Å². The number of hydrogen-bond donors (Lipinski definition) is 0. The summed E-state index contributed by atoms with van der Waals surface area (Å²) in [4.78, 5) is 3.43. The number of allylic oxidation sites excluding steroid dienone is 5. The van der Waals surface area contributed by atoms with Crippen LogP contribution in [0.15, 0.2) is 180 Å². The zero-order chi connectivity index (χ0) is 35.0. The van der Waals surface area contributed by atoms with Crippen molar-refractivity contribution < 1.29 is 4.74 Å². The summed E-state index contributed by atoms with van der Waals surface area (Å²) in [6, 6.07) is 50.6. The number of nitrogens with zero attached hydrogens (tertiary/aromatic N) is 4. The lowest BCUT2D eigenvalue weighted by Gasteiger charge is -2.26. The van der Waals surface area contributed by atoms with E-state index in [4.69, 9.17) is 16.4 Å². The molecule has 1 unspecified atom stereocenters. The minimum Gasteiger partial charge on any atom is -0.457 e. The Morgan fingerprint density at radius 3 is 2.12 bits per heavy atom. The van der Waals surface area contributed by atoms with Gasteiger partial charge >= 0.3 is 0 Å². The van der Waals surface area contributed by atoms with Crippen LogP contribution in [-0.4, -0.2) is 5.71 Å². The van der Waals surface area contributed by atoms with Gasteiger partial charge in [-0.3, -0.25) is 5.01 Å². The maximum Gasteiger partial charge on any atom is 0.269 e. The third-order valence-electron chi connectivity index (χ3n) is 9.90. The average Bonchev–Trinajstić information content (AvgIpc) is 3.66. The molecule has 0 saturated heterocycles. The van der Waals surface area contributed by atoms with Gasteiger partial charge in [-0.05, 0) is 84.9 Å². The van der Waals surface area contributed by atoms with E-state index in [0.717, 1.165) is 34.5 Å². The highest BCUT2D eigenvalue weighted by Gasteiger charge is 2.31. The lowest BCUT2D eigenvalue weighted by molar-refractivity contribution is 0.396. The molecule has 5 nitrogen and oxygen atoms in total. The quantitative estimate of drug-likeness (QED) is 0.101. The fourth-order valence-corrected chi connectivity index (χ4v) is 7.40. The molecule has 1 atom stereocenters. The number of benzene rings is 7. The van der Waals surface area contributed by atoms with Gasteiger partial charge in [0.2, 0.25) is 0 Å². The van der Waals surface area contributed by atoms with Crippen LogP contribution in [-0.2, 0) is 4.74 Å². The van der Waals surface area contributed by atoms with E-state index < -0.39 is 0 Å². The molecule has 0 aromatic heterocycles. The molecule has 0 aliphatic carbocycles. The second kappa shape index (κ2) is 12.9. The second-order valence-electron chi connectivity index (χ2n) is 13.0. The summed E-state index contributed by atoms with van der Waals surface area (Å²) in [5.74, 6) is 1.13. The zero-order valence-electron chi connectivity index (χ0n) is 28.1. The highest BCUT2D eigenvalue weighted by atomic mass is 16.5. The van der Waals surface area contributed by atoms with Crippen molar-refractivity contribution >= 4 is 55.6 Å². The van der Waals surface area contributed by atoms with E-state index in [1.807, 2.05) is 54.6 Å². The molecule has 2 aliphatic heterocycles. The summed E-state index contributed by atoms with van der Waals surface area (Å²) in [5.41, 5.74) is 6.84. The largest absolute Gasteiger partial charge is 0.457 e. The van der Waals surface area contributed by atoms with Crippen LogP contribution in [0.3, 0.4) is 0 Å². The fourth-order valence-electron chi connectivity index (χ4n) is 7.40. The van der Waals surface area contributed by atoms with Crippen molar-refractivity contribution in [2.75, 3.05) is 5.01 Å². The van der Waals surface area contributed by atoms with Crippen LogP contribution in [0.4, 0.5) is 5.69 Å². The lowest BCUT2D eigenvalue weighted by atomic mass is 9.88. The standard InChI is InChI=1S/C47H30N4O/c1-49-43(30-48)37-27-39(52-45(28-37)33-11-6-3-7-12-33)24-17-31-15-22-38(23-16-31)51-44(29-42(50-51)32-9-4-2-5-10-32)40-25-20-36-19-18-34-13-8-14-35-21-26-41(40)47(36)46(34)35/h2-28,44H,29H2/b24-17+,43-37-. The molecule has 0 bridgehead atoms. The van der Waals surface area contributed by atoms with Crippen LogP contribution >= 0.6 is 0 Å². The summed E-state index contributed by atoms with van der Waals surface area (Å²) in [7, 11) is 0. The van der Waals surface area contributed by atoms with E-state index in [0.29, 0.717) is 17.1 Å². The predicted octanol–water partition coefficient (Wildman–Crippen LogP) is 11.6. The fraction of sp³-hybridized carbons (Fsp3) is 0.0426. The van der Waals surface area contributed by atoms with E-state index in [1.54, 1.807) is 12.2 Å². The van der Waals surface area contributed by atoms with Crippen molar-refractivity contribution in [2.45, 2.75) is 12.5 Å². The lowest BCUT2D eigenvalue weighted by Crippen LogP contribution is -2.19. The van der Waals surface area contributed by atoms with Crippen LogP contribution in [0.25, 0.3) is 49.0 Å². The summed E-state index contributed by atoms with van der Waals surface area (Å²) >= 11 is 0. The van der Waals surface area contributed by atoms with Gasteiger partial charge in [0.25, 0.3) is 5.70 Å². The molecule has 0 N–H and O–H groups in total. The maximum absolute atomic E-state index is 9.58. The van der Waals surface area contributed by atoms with Gasteiger partial charge in [-0.2, -0.15) is 5.10 Å². The minimum absolute atomic E-state index is 0.00661. The van der Waals surface area contributed by atoms with Crippen LogP contribution in [0, 0.1) is 17.9 Å². The van der Waals surface area contributed by atoms with Crippen molar-refractivity contribution in [3.63, 3.8) is 0 Å². The molecule has 0 radical (unpaired) electrons. The van der Waals surface area contributed by atoms with Crippen molar-refractivity contribution in [3.05, 3.63) is 208 Å². The first kappa shape index (κ1) is 30.8. The van der Waals surface area contributed by atoms with Gasteiger partial charge in [0.05, 0.1) is 30.1 Å². The van der Waals surface area contributed by atoms with Gasteiger partial charge in [0, 0.05) is 12.0 Å². The first-order valence-corrected chi connectivity index (χ1v) is 17.2. The number of rotatable bonds is 6. The Hall–Kier alpha value is -7.21. The zero-order valence-corrected chi connectivity index (χ0v) is 28.1. The molecule has 5 heteroatoms. The molecule has 0 amide bonds. The Balaban J connectivity index is 1.07. The van der Waals surface area contributed by atoms with E-state index in [-0.39, 0.29) is 11.7 Å². The van der Waals surface area contributed by atoms with Crippen LogP contribution in [0.5, 0.6) is 0 Å². The molecule has 7 aromatic carbocycles. The molecule has 244 valence electrons. The second-order valence-corrected chi connectivity index (χ2v) is 13.0. The summed E-state index contributed by atoms with van der Waals surface area (Å²) in [6.07, 6.45) is 8.11. The normalized spacial score (nSPS) is 16.8. The molecule has 0 fully saturated rings. The molecule has 2 heterocycles. The Labute approximate surface area is 301 Å². The number of hydrazone groups is 1. The molecule has 52 heavy (non-hydrogen) atoms. The Bertz CT molecular complexity index is 2710. The molecule has 2 aliphatic rings. The monoisotopic (exact) mass is 666 g/mol. The third-order valence-corrected chi connectivity index (χ3v) is 9.90. The van der Waals surface area contributed by atoms with Gasteiger partial charge in [0.15, 0.2) is 0 Å². The van der Waals surface area contributed by atoms with Gasteiger partial charge in [-0.15, -0.1) is 0 Å². The topological polar surface area (TPSA) is 53.0 Å². The molecular formula is C47H30N4O. The van der Waals surface area contributed by atoms with E-state index in [2.05, 4.69) is 113 Å². The Kier molecular flexibility index (Phi) is 7.65. The van der Waals surface area contributed by atoms with E-state index in [1.165, 1.54) is 37.9 Å². The summed E-state index contributed by atoms with van der Waals surface area (Å²) in [5, 5.41) is 24.7. The van der Waals surface area contributed by atoms with Gasteiger partial charge in [0.1, 0.15) is 11.5 Å². The maximum atomic E-state index is 9.58. The van der Waals surface area contributed by atoms with Crippen LogP contribution < -0.4 is 5.01 Å². The molecule has 9 rings (SSSR count). The SMILES string of the molecule is [C-]#[N+]/C(C#N)=C1C=C(/C=C/c2ccc(N3N=C(c4ccccc4)CC3c3ccc4ccc5cccc6ccc3c4c56)cc2)OC(c2ccccc2)=C/1. The highest BCUT2D eigenvalue weighted by Crippen LogP contribution is 2.43. The van der Waals surface area contributed by atoms with E-state index >= 15 is 0 Å². The van der Waals surface area contributed by atoms with Crippen molar-refractivity contribution in [1.29, 1.82) is 5.26 Å². The van der Waals surface area contributed by atoms with Gasteiger partial charge in [-0.1, -0.05) is 133 Å². The number of hydrogen-bond acceptors (Lipinski definition) is 4. The molecule has 7 aromatic rings. The minimum atomic E-state index is 0.00661. The highest BCUT2D eigenvalue weighted by molar-refractivity contribution is 6.23. The third kappa shape index (κ3) is 5.48. The first-order valence-electron chi connectivity index (χ1n) is 17.2. The summed E-state index contributed by atoms with van der Waals surface area (Å²) in [6.45, 7) is 7.49. The molecular weight excluding hydrogens is 637 g/mol. The average molecular weight is 667 g/mol. The van der Waals surface area contributed by atoms with Crippen LogP contribution in [0.2, 0.25) is 0 Å². The molecule has 0 saturated carbocycles. The Morgan fingerprint density at radius 1 is 0.731 bits per heavy atom. The molecule has 0 spiro atoms. The van der Waals surface area contributed by atoms with Crippen molar-refractivity contribution in [3.8, 4) is 6.07 Å². The van der Waals surface area contributed by atoms with Crippen molar-refractivity contribution in [2.24, 2.45) is 5.10 Å². The van der Waals surface area contributed by atoms with Crippen molar-refractivity contribution in [1.82, 2.24) is 0 Å². The van der Waals surface area contributed by atoms with Crippen LogP contribution in [0.1, 0.15) is 34.7 Å². The predicted molar refractivity (Wildman–Crippen MR) is 211 cm³/mol. The van der Waals surface area contributed by atoms with Gasteiger partial charge in [-0.25, -0.2) is 10.1 Å². The Morgan fingerprint density at radius 2 is 1.40 bits per heavy atom. The number of nitriles is 1. The smallest absolute Gasteiger partial charge is 0.269 e. The number of anilines is 1.